The number of sulfone groups is 1. The predicted molar refractivity (Wildman–Crippen MR) is 70.6 cm³/mol. The van der Waals surface area contributed by atoms with Crippen LogP contribution in [0.3, 0.4) is 0 Å². The molecule has 0 bridgehead atoms. The number of pyridine rings is 1. The fourth-order valence-electron chi connectivity index (χ4n) is 2.16. The van der Waals surface area contributed by atoms with Crippen molar-refractivity contribution in [3.63, 3.8) is 0 Å². The van der Waals surface area contributed by atoms with E-state index in [4.69, 9.17) is 5.84 Å². The zero-order chi connectivity index (χ0) is 13.2. The highest BCUT2D eigenvalue weighted by Gasteiger charge is 2.30. The molecule has 1 aromatic rings. The first-order valence-electron chi connectivity index (χ1n) is 5.83. The van der Waals surface area contributed by atoms with Gasteiger partial charge in [-0.2, -0.15) is 0 Å². The van der Waals surface area contributed by atoms with Gasteiger partial charge in [0.25, 0.3) is 0 Å². The van der Waals surface area contributed by atoms with Gasteiger partial charge >= 0.3 is 0 Å². The number of nitrogen functional groups attached to an aromatic ring is 1. The van der Waals surface area contributed by atoms with Crippen LogP contribution in [-0.2, 0) is 16.4 Å². The summed E-state index contributed by atoms with van der Waals surface area (Å²) in [5.74, 6) is 6.45. The van der Waals surface area contributed by atoms with Gasteiger partial charge in [-0.05, 0) is 25.6 Å². The van der Waals surface area contributed by atoms with Crippen molar-refractivity contribution in [3.05, 3.63) is 23.9 Å². The van der Waals surface area contributed by atoms with Gasteiger partial charge in [0.15, 0.2) is 9.84 Å². The summed E-state index contributed by atoms with van der Waals surface area (Å²) in [7, 11) is -0.914. The molecule has 0 radical (unpaired) electrons. The molecular formula is C11H18N4O2S. The normalized spacial score (nSPS) is 22.3. The van der Waals surface area contributed by atoms with Crippen molar-refractivity contribution >= 4 is 15.7 Å². The molecule has 0 aliphatic carbocycles. The van der Waals surface area contributed by atoms with E-state index in [0.717, 1.165) is 5.69 Å². The molecule has 0 aromatic carbocycles. The number of hydrogen-bond donors (Lipinski definition) is 2. The van der Waals surface area contributed by atoms with E-state index in [2.05, 4.69) is 10.4 Å². The molecule has 1 atom stereocenters. The van der Waals surface area contributed by atoms with Crippen LogP contribution in [0.15, 0.2) is 18.2 Å². The minimum Gasteiger partial charge on any atom is -0.308 e. The minimum atomic E-state index is -2.84. The van der Waals surface area contributed by atoms with Gasteiger partial charge in [0.05, 0.1) is 17.2 Å². The Labute approximate surface area is 107 Å². The van der Waals surface area contributed by atoms with Gasteiger partial charge in [0, 0.05) is 12.6 Å². The zero-order valence-corrected chi connectivity index (χ0v) is 11.2. The van der Waals surface area contributed by atoms with Crippen LogP contribution in [0, 0.1) is 0 Å². The lowest BCUT2D eigenvalue weighted by molar-refractivity contribution is 0.251. The standard InChI is InChI=1S/C11H18N4O2S/c1-15(10-5-6-18(16,17)8-10)7-9-3-2-4-11(13-9)14-12/h2-4,10H,5-8,12H2,1H3,(H,13,14). The van der Waals surface area contributed by atoms with Crippen LogP contribution in [0.1, 0.15) is 12.1 Å². The van der Waals surface area contributed by atoms with Crippen molar-refractivity contribution in [2.45, 2.75) is 19.0 Å². The Balaban J connectivity index is 2.01. The third kappa shape index (κ3) is 3.18. The van der Waals surface area contributed by atoms with E-state index in [1.54, 1.807) is 6.07 Å². The second-order valence-corrected chi connectivity index (χ2v) is 6.86. The van der Waals surface area contributed by atoms with Crippen LogP contribution in [-0.4, -0.2) is 42.9 Å². The maximum atomic E-state index is 11.4. The molecule has 0 amide bonds. The summed E-state index contributed by atoms with van der Waals surface area (Å²) < 4.78 is 22.9. The van der Waals surface area contributed by atoms with Crippen LogP contribution in [0.25, 0.3) is 0 Å². The monoisotopic (exact) mass is 270 g/mol. The number of aromatic nitrogens is 1. The molecule has 0 saturated carbocycles. The van der Waals surface area contributed by atoms with Gasteiger partial charge in [-0.1, -0.05) is 6.07 Å². The van der Waals surface area contributed by atoms with Gasteiger partial charge in [0.2, 0.25) is 0 Å². The van der Waals surface area contributed by atoms with Gasteiger partial charge < -0.3 is 5.43 Å². The number of anilines is 1. The van der Waals surface area contributed by atoms with E-state index >= 15 is 0 Å². The Morgan fingerprint density at radius 2 is 2.33 bits per heavy atom. The van der Waals surface area contributed by atoms with Crippen LogP contribution >= 0.6 is 0 Å². The first-order valence-corrected chi connectivity index (χ1v) is 7.65. The van der Waals surface area contributed by atoms with Gasteiger partial charge in [0.1, 0.15) is 5.82 Å². The average molecular weight is 270 g/mol. The first-order chi connectivity index (χ1) is 8.50. The fraction of sp³-hybridized carbons (Fsp3) is 0.545. The predicted octanol–water partition coefficient (Wildman–Crippen LogP) is -0.0139. The van der Waals surface area contributed by atoms with E-state index in [9.17, 15) is 8.42 Å². The number of hydrogen-bond acceptors (Lipinski definition) is 6. The maximum absolute atomic E-state index is 11.4. The van der Waals surface area contributed by atoms with Crippen LogP contribution in [0.4, 0.5) is 5.82 Å². The summed E-state index contributed by atoms with van der Waals surface area (Å²) in [6.45, 7) is 0.621. The van der Waals surface area contributed by atoms with Crippen molar-refractivity contribution < 1.29 is 8.42 Å². The van der Waals surface area contributed by atoms with Crippen molar-refractivity contribution in [1.82, 2.24) is 9.88 Å². The molecule has 1 fully saturated rings. The summed E-state index contributed by atoms with van der Waals surface area (Å²) in [6.07, 6.45) is 0.702. The number of nitrogens with two attached hydrogens (primary N) is 1. The molecule has 6 nitrogen and oxygen atoms in total. The van der Waals surface area contributed by atoms with E-state index in [1.165, 1.54) is 0 Å². The molecule has 2 rings (SSSR count). The number of rotatable bonds is 4. The second kappa shape index (κ2) is 5.21. The third-order valence-electron chi connectivity index (χ3n) is 3.20. The minimum absolute atomic E-state index is 0.0892. The van der Waals surface area contributed by atoms with Crippen molar-refractivity contribution in [3.8, 4) is 0 Å². The van der Waals surface area contributed by atoms with Gasteiger partial charge in [-0.3, -0.25) is 4.90 Å². The molecule has 1 aliphatic heterocycles. The summed E-state index contributed by atoms with van der Waals surface area (Å²) >= 11 is 0. The molecular weight excluding hydrogens is 252 g/mol. The van der Waals surface area contributed by atoms with E-state index in [-0.39, 0.29) is 11.8 Å². The summed E-state index contributed by atoms with van der Waals surface area (Å²) in [6, 6.07) is 5.65. The molecule has 1 unspecified atom stereocenters. The van der Waals surface area contributed by atoms with Crippen molar-refractivity contribution in [1.29, 1.82) is 0 Å². The topological polar surface area (TPSA) is 88.3 Å². The third-order valence-corrected chi connectivity index (χ3v) is 4.95. The molecule has 1 aliphatic rings. The molecule has 7 heteroatoms. The molecule has 1 saturated heterocycles. The van der Waals surface area contributed by atoms with Gasteiger partial charge in [-0.15, -0.1) is 0 Å². The lowest BCUT2D eigenvalue weighted by Crippen LogP contribution is -2.32. The fourth-order valence-corrected chi connectivity index (χ4v) is 3.96. The second-order valence-electron chi connectivity index (χ2n) is 4.63. The summed E-state index contributed by atoms with van der Waals surface area (Å²) in [5.41, 5.74) is 3.37. The van der Waals surface area contributed by atoms with Crippen molar-refractivity contribution in [2.24, 2.45) is 5.84 Å². The Kier molecular flexibility index (Phi) is 3.84. The zero-order valence-electron chi connectivity index (χ0n) is 10.3. The Bertz CT molecular complexity index is 518. The number of nitrogens with one attached hydrogen (secondary N) is 1. The lowest BCUT2D eigenvalue weighted by atomic mass is 10.2. The van der Waals surface area contributed by atoms with Crippen LogP contribution in [0.2, 0.25) is 0 Å². The molecule has 2 heterocycles. The lowest BCUT2D eigenvalue weighted by Gasteiger charge is -2.22. The Hall–Kier alpha value is -1.18. The smallest absolute Gasteiger partial charge is 0.151 e. The molecule has 1 aromatic heterocycles. The number of nitrogens with zero attached hydrogens (tertiary/aromatic N) is 2. The van der Waals surface area contributed by atoms with E-state index in [0.29, 0.717) is 24.5 Å². The quantitative estimate of drug-likeness (QED) is 0.591. The molecule has 3 N–H and O–H groups in total. The molecule has 0 spiro atoms. The van der Waals surface area contributed by atoms with Crippen LogP contribution in [0.5, 0.6) is 0 Å². The SMILES string of the molecule is CN(Cc1cccc(NN)n1)C1CCS(=O)(=O)C1. The van der Waals surface area contributed by atoms with Crippen molar-refractivity contribution in [2.75, 3.05) is 24.0 Å². The molecule has 18 heavy (non-hydrogen) atoms. The van der Waals surface area contributed by atoms with Crippen LogP contribution < -0.4 is 11.3 Å². The highest BCUT2D eigenvalue weighted by atomic mass is 32.2. The van der Waals surface area contributed by atoms with E-state index < -0.39 is 9.84 Å². The summed E-state index contributed by atoms with van der Waals surface area (Å²) in [5, 5.41) is 0. The largest absolute Gasteiger partial charge is 0.308 e. The Morgan fingerprint density at radius 1 is 1.56 bits per heavy atom. The average Bonchev–Trinajstić information content (AvgIpc) is 2.70. The highest BCUT2D eigenvalue weighted by Crippen LogP contribution is 2.18. The van der Waals surface area contributed by atoms with E-state index in [1.807, 2.05) is 24.1 Å². The Morgan fingerprint density at radius 3 is 2.94 bits per heavy atom. The number of hydrazine groups is 1. The molecule has 100 valence electrons. The first kappa shape index (κ1) is 13.3. The van der Waals surface area contributed by atoms with Gasteiger partial charge in [-0.25, -0.2) is 19.2 Å². The highest BCUT2D eigenvalue weighted by molar-refractivity contribution is 7.91. The summed E-state index contributed by atoms with van der Waals surface area (Å²) in [4.78, 5) is 6.35. The maximum Gasteiger partial charge on any atom is 0.151 e.